The van der Waals surface area contributed by atoms with E-state index in [2.05, 4.69) is 12.2 Å². The van der Waals surface area contributed by atoms with Crippen LogP contribution in [0.5, 0.6) is 11.5 Å². The summed E-state index contributed by atoms with van der Waals surface area (Å²) in [6.45, 7) is 4.73. The molecule has 1 atom stereocenters. The van der Waals surface area contributed by atoms with Gasteiger partial charge in [-0.2, -0.15) is 0 Å². The van der Waals surface area contributed by atoms with Crippen molar-refractivity contribution >= 4 is 5.91 Å². The van der Waals surface area contributed by atoms with Crippen molar-refractivity contribution in [2.75, 3.05) is 13.7 Å². The first-order valence-corrected chi connectivity index (χ1v) is 6.79. The first kappa shape index (κ1) is 15.3. The van der Waals surface area contributed by atoms with Gasteiger partial charge in [0.2, 0.25) is 0 Å². The van der Waals surface area contributed by atoms with E-state index >= 15 is 0 Å². The van der Waals surface area contributed by atoms with Gasteiger partial charge in [0.05, 0.1) is 7.11 Å². The molecule has 1 aromatic carbocycles. The van der Waals surface area contributed by atoms with E-state index in [0.29, 0.717) is 18.7 Å². The van der Waals surface area contributed by atoms with Crippen LogP contribution in [-0.4, -0.2) is 25.7 Å². The van der Waals surface area contributed by atoms with Gasteiger partial charge in [-0.05, 0) is 25.0 Å². The Kier molecular flexibility index (Phi) is 6.79. The monoisotopic (exact) mass is 265 g/mol. The Morgan fingerprint density at radius 2 is 2.05 bits per heavy atom. The second-order valence-electron chi connectivity index (χ2n) is 4.34. The van der Waals surface area contributed by atoms with Gasteiger partial charge < -0.3 is 14.8 Å². The van der Waals surface area contributed by atoms with Crippen LogP contribution in [0.15, 0.2) is 24.3 Å². The van der Waals surface area contributed by atoms with Crippen LogP contribution in [0.1, 0.15) is 33.1 Å². The van der Waals surface area contributed by atoms with E-state index in [4.69, 9.17) is 9.47 Å². The molecular weight excluding hydrogens is 242 g/mol. The Hall–Kier alpha value is -1.71. The Morgan fingerprint density at radius 3 is 2.68 bits per heavy atom. The first-order valence-electron chi connectivity index (χ1n) is 6.79. The molecule has 0 spiro atoms. The minimum atomic E-state index is -0.455. The lowest BCUT2D eigenvalue weighted by Crippen LogP contribution is -2.38. The summed E-state index contributed by atoms with van der Waals surface area (Å²) in [6.07, 6.45) is 2.23. The fourth-order valence-corrected chi connectivity index (χ4v) is 1.66. The van der Waals surface area contributed by atoms with E-state index in [0.717, 1.165) is 18.6 Å². The zero-order chi connectivity index (χ0) is 14.1. The summed E-state index contributed by atoms with van der Waals surface area (Å²) >= 11 is 0. The molecule has 106 valence electrons. The van der Waals surface area contributed by atoms with Crippen molar-refractivity contribution in [3.8, 4) is 11.5 Å². The topological polar surface area (TPSA) is 47.6 Å². The maximum Gasteiger partial charge on any atom is 0.261 e. The van der Waals surface area contributed by atoms with Crippen LogP contribution in [0.4, 0.5) is 0 Å². The molecule has 0 heterocycles. The smallest absolute Gasteiger partial charge is 0.261 e. The number of amides is 1. The SMILES string of the molecule is CCCCNC(=O)C(CC)Oc1cccc(OC)c1. The first-order chi connectivity index (χ1) is 9.21. The molecule has 0 aliphatic carbocycles. The Morgan fingerprint density at radius 1 is 1.32 bits per heavy atom. The third kappa shape index (κ3) is 5.20. The molecule has 1 N–H and O–H groups in total. The molecule has 0 aromatic heterocycles. The molecule has 0 bridgehead atoms. The van der Waals surface area contributed by atoms with Gasteiger partial charge >= 0.3 is 0 Å². The lowest BCUT2D eigenvalue weighted by atomic mass is 10.2. The van der Waals surface area contributed by atoms with Crippen LogP contribution in [-0.2, 0) is 4.79 Å². The Labute approximate surface area is 115 Å². The maximum absolute atomic E-state index is 11.9. The van der Waals surface area contributed by atoms with Crippen LogP contribution < -0.4 is 14.8 Å². The van der Waals surface area contributed by atoms with Crippen molar-refractivity contribution in [2.24, 2.45) is 0 Å². The molecular formula is C15H23NO3. The van der Waals surface area contributed by atoms with Crippen LogP contribution in [0.25, 0.3) is 0 Å². The Bertz CT molecular complexity index is 393. The summed E-state index contributed by atoms with van der Waals surface area (Å²) in [5, 5.41) is 2.89. The lowest BCUT2D eigenvalue weighted by Gasteiger charge is -2.17. The van der Waals surface area contributed by atoms with E-state index in [1.807, 2.05) is 25.1 Å². The van der Waals surface area contributed by atoms with Gasteiger partial charge in [-0.25, -0.2) is 0 Å². The number of nitrogens with one attached hydrogen (secondary N) is 1. The summed E-state index contributed by atoms with van der Waals surface area (Å²) in [5.41, 5.74) is 0. The standard InChI is InChI=1S/C15H23NO3/c1-4-6-10-16-15(17)14(5-2)19-13-9-7-8-12(11-13)18-3/h7-9,11,14H,4-6,10H2,1-3H3,(H,16,17). The van der Waals surface area contributed by atoms with Gasteiger partial charge in [0.15, 0.2) is 6.10 Å². The van der Waals surface area contributed by atoms with Crippen molar-refractivity contribution in [1.82, 2.24) is 5.32 Å². The Balaban J connectivity index is 2.57. The van der Waals surface area contributed by atoms with Gasteiger partial charge in [-0.3, -0.25) is 4.79 Å². The van der Waals surface area contributed by atoms with E-state index < -0.39 is 6.10 Å². The molecule has 1 rings (SSSR count). The highest BCUT2D eigenvalue weighted by Gasteiger charge is 2.17. The third-order valence-corrected chi connectivity index (χ3v) is 2.81. The largest absolute Gasteiger partial charge is 0.497 e. The zero-order valence-corrected chi connectivity index (χ0v) is 11.9. The molecule has 1 unspecified atom stereocenters. The average Bonchev–Trinajstić information content (AvgIpc) is 2.45. The van der Waals surface area contributed by atoms with Crippen molar-refractivity contribution < 1.29 is 14.3 Å². The average molecular weight is 265 g/mol. The molecule has 0 aliphatic heterocycles. The molecule has 0 aliphatic rings. The number of benzene rings is 1. The highest BCUT2D eigenvalue weighted by Crippen LogP contribution is 2.20. The molecule has 0 saturated heterocycles. The fourth-order valence-electron chi connectivity index (χ4n) is 1.66. The number of carbonyl (C=O) groups excluding carboxylic acids is 1. The number of rotatable bonds is 8. The maximum atomic E-state index is 11.9. The number of methoxy groups -OCH3 is 1. The minimum absolute atomic E-state index is 0.0567. The summed E-state index contributed by atoms with van der Waals surface area (Å²) in [6, 6.07) is 7.29. The molecule has 4 nitrogen and oxygen atoms in total. The number of ether oxygens (including phenoxy) is 2. The molecule has 0 saturated carbocycles. The zero-order valence-electron chi connectivity index (χ0n) is 11.9. The highest BCUT2D eigenvalue weighted by atomic mass is 16.5. The molecule has 0 fully saturated rings. The summed E-state index contributed by atoms with van der Waals surface area (Å²) in [4.78, 5) is 11.9. The third-order valence-electron chi connectivity index (χ3n) is 2.81. The molecule has 1 amide bonds. The predicted octanol–water partition coefficient (Wildman–Crippen LogP) is 2.77. The quantitative estimate of drug-likeness (QED) is 0.735. The van der Waals surface area contributed by atoms with Crippen molar-refractivity contribution in [2.45, 2.75) is 39.2 Å². The van der Waals surface area contributed by atoms with Crippen molar-refractivity contribution in [3.63, 3.8) is 0 Å². The summed E-state index contributed by atoms with van der Waals surface area (Å²) in [7, 11) is 1.61. The highest BCUT2D eigenvalue weighted by molar-refractivity contribution is 5.81. The number of carbonyl (C=O) groups is 1. The van der Waals surface area contributed by atoms with Gasteiger partial charge in [0.25, 0.3) is 5.91 Å². The second kappa shape index (κ2) is 8.40. The molecule has 1 aromatic rings. The van der Waals surface area contributed by atoms with Crippen molar-refractivity contribution in [1.29, 1.82) is 0 Å². The van der Waals surface area contributed by atoms with Gasteiger partial charge in [-0.1, -0.05) is 26.3 Å². The van der Waals surface area contributed by atoms with Crippen LogP contribution in [0, 0.1) is 0 Å². The van der Waals surface area contributed by atoms with E-state index in [-0.39, 0.29) is 5.91 Å². The summed E-state index contributed by atoms with van der Waals surface area (Å²) in [5.74, 6) is 1.31. The van der Waals surface area contributed by atoms with Crippen molar-refractivity contribution in [3.05, 3.63) is 24.3 Å². The van der Waals surface area contributed by atoms with Crippen LogP contribution >= 0.6 is 0 Å². The fraction of sp³-hybridized carbons (Fsp3) is 0.533. The van der Waals surface area contributed by atoms with E-state index in [1.165, 1.54) is 0 Å². The number of hydrogen-bond donors (Lipinski definition) is 1. The van der Waals surface area contributed by atoms with Crippen LogP contribution in [0.3, 0.4) is 0 Å². The summed E-state index contributed by atoms with van der Waals surface area (Å²) < 4.78 is 10.8. The molecule has 0 radical (unpaired) electrons. The van der Waals surface area contributed by atoms with Crippen LogP contribution in [0.2, 0.25) is 0 Å². The molecule has 4 heteroatoms. The molecule has 19 heavy (non-hydrogen) atoms. The van der Waals surface area contributed by atoms with Gasteiger partial charge in [0.1, 0.15) is 11.5 Å². The predicted molar refractivity (Wildman–Crippen MR) is 75.6 cm³/mol. The van der Waals surface area contributed by atoms with E-state index in [1.54, 1.807) is 13.2 Å². The van der Waals surface area contributed by atoms with Gasteiger partial charge in [0, 0.05) is 12.6 Å². The van der Waals surface area contributed by atoms with Gasteiger partial charge in [-0.15, -0.1) is 0 Å². The minimum Gasteiger partial charge on any atom is -0.497 e. The number of hydrogen-bond acceptors (Lipinski definition) is 3. The normalized spacial score (nSPS) is 11.7. The van der Waals surface area contributed by atoms with E-state index in [9.17, 15) is 4.79 Å². The lowest BCUT2D eigenvalue weighted by molar-refractivity contribution is -0.128. The number of unbranched alkanes of at least 4 members (excludes halogenated alkanes) is 1. The second-order valence-corrected chi connectivity index (χ2v) is 4.34.